The van der Waals surface area contributed by atoms with Gasteiger partial charge < -0.3 is 9.47 Å². The van der Waals surface area contributed by atoms with Crippen LogP contribution in [-0.4, -0.2) is 12.9 Å². The van der Waals surface area contributed by atoms with Gasteiger partial charge in [0.05, 0.1) is 12.2 Å². The van der Waals surface area contributed by atoms with Crippen LogP contribution in [0.25, 0.3) is 0 Å². The van der Waals surface area contributed by atoms with Crippen LogP contribution < -0.4 is 4.74 Å². The minimum Gasteiger partial charge on any atom is -0.462 e. The SMILES string of the molecule is CCCCCC1CCC(CCc2ccc(C#Cc3ccc(OC4CCCCO4)c(F)c3F)cc2)CC1. The molecule has 0 aromatic heterocycles. The van der Waals surface area contributed by atoms with Gasteiger partial charge in [0.1, 0.15) is 0 Å². The van der Waals surface area contributed by atoms with E-state index >= 15 is 0 Å². The smallest absolute Gasteiger partial charge is 0.202 e. The van der Waals surface area contributed by atoms with Crippen LogP contribution >= 0.6 is 0 Å². The Morgan fingerprint density at radius 1 is 0.833 bits per heavy atom. The van der Waals surface area contributed by atoms with E-state index in [2.05, 4.69) is 30.9 Å². The van der Waals surface area contributed by atoms with E-state index < -0.39 is 17.9 Å². The summed E-state index contributed by atoms with van der Waals surface area (Å²) in [5.74, 6) is 5.43. The number of hydrogen-bond donors (Lipinski definition) is 0. The molecule has 4 rings (SSSR count). The van der Waals surface area contributed by atoms with Crippen LogP contribution in [-0.2, 0) is 11.2 Å². The molecule has 0 spiro atoms. The summed E-state index contributed by atoms with van der Waals surface area (Å²) in [7, 11) is 0. The first kappa shape index (κ1) is 26.7. The van der Waals surface area contributed by atoms with E-state index in [4.69, 9.17) is 9.47 Å². The zero-order valence-electron chi connectivity index (χ0n) is 21.7. The lowest BCUT2D eigenvalue weighted by atomic mass is 9.78. The predicted octanol–water partition coefficient (Wildman–Crippen LogP) is 8.59. The van der Waals surface area contributed by atoms with Crippen LogP contribution in [0.5, 0.6) is 5.75 Å². The van der Waals surface area contributed by atoms with Crippen molar-refractivity contribution in [1.82, 2.24) is 0 Å². The molecule has 1 atom stereocenters. The molecule has 0 bridgehead atoms. The number of rotatable bonds is 9. The normalized spacial score (nSPS) is 22.0. The minimum absolute atomic E-state index is 0.0267. The average Bonchev–Trinajstić information content (AvgIpc) is 2.92. The lowest BCUT2D eigenvalue weighted by Gasteiger charge is -2.28. The largest absolute Gasteiger partial charge is 0.462 e. The Kier molecular flexibility index (Phi) is 10.2. The van der Waals surface area contributed by atoms with E-state index in [0.29, 0.717) is 13.0 Å². The summed E-state index contributed by atoms with van der Waals surface area (Å²) in [5.41, 5.74) is 2.13. The molecule has 2 fully saturated rings. The van der Waals surface area contributed by atoms with E-state index in [-0.39, 0.29) is 11.3 Å². The number of aryl methyl sites for hydroxylation is 1. The molecule has 1 heterocycles. The maximum Gasteiger partial charge on any atom is 0.202 e. The van der Waals surface area contributed by atoms with Gasteiger partial charge in [-0.25, -0.2) is 4.39 Å². The Bertz CT molecular complexity index is 1010. The molecule has 1 aliphatic carbocycles. The van der Waals surface area contributed by atoms with Crippen molar-refractivity contribution >= 4 is 0 Å². The van der Waals surface area contributed by atoms with E-state index in [1.54, 1.807) is 0 Å². The molecule has 194 valence electrons. The molecule has 0 amide bonds. The Hall–Kier alpha value is -2.38. The number of halogens is 2. The molecule has 0 radical (unpaired) electrons. The van der Waals surface area contributed by atoms with Gasteiger partial charge in [-0.05, 0) is 67.3 Å². The van der Waals surface area contributed by atoms with E-state index in [1.165, 1.54) is 75.5 Å². The second kappa shape index (κ2) is 13.8. The van der Waals surface area contributed by atoms with Gasteiger partial charge in [0.25, 0.3) is 0 Å². The van der Waals surface area contributed by atoms with E-state index in [1.807, 2.05) is 12.1 Å². The van der Waals surface area contributed by atoms with Crippen molar-refractivity contribution in [3.63, 3.8) is 0 Å². The first-order valence-electron chi connectivity index (χ1n) is 14.0. The summed E-state index contributed by atoms with van der Waals surface area (Å²) in [4.78, 5) is 0. The molecule has 2 aromatic rings. The molecular weight excluding hydrogens is 454 g/mol. The zero-order valence-corrected chi connectivity index (χ0v) is 21.7. The molecule has 2 aromatic carbocycles. The zero-order chi connectivity index (χ0) is 25.2. The third-order valence-electron chi connectivity index (χ3n) is 7.76. The monoisotopic (exact) mass is 494 g/mol. The molecule has 2 aliphatic rings. The first-order valence-corrected chi connectivity index (χ1v) is 14.0. The topological polar surface area (TPSA) is 18.5 Å². The van der Waals surface area contributed by atoms with Gasteiger partial charge in [0, 0.05) is 12.0 Å². The van der Waals surface area contributed by atoms with Gasteiger partial charge in [0.15, 0.2) is 17.9 Å². The van der Waals surface area contributed by atoms with Gasteiger partial charge in [-0.2, -0.15) is 4.39 Å². The molecule has 1 saturated carbocycles. The van der Waals surface area contributed by atoms with Crippen LogP contribution in [0.2, 0.25) is 0 Å². The highest BCUT2D eigenvalue weighted by Crippen LogP contribution is 2.34. The predicted molar refractivity (Wildman–Crippen MR) is 141 cm³/mol. The maximum atomic E-state index is 14.6. The third-order valence-corrected chi connectivity index (χ3v) is 7.76. The molecule has 4 heteroatoms. The summed E-state index contributed by atoms with van der Waals surface area (Å²) in [6, 6.07) is 11.1. The Morgan fingerprint density at radius 3 is 2.28 bits per heavy atom. The molecule has 1 aliphatic heterocycles. The molecule has 0 N–H and O–H groups in total. The van der Waals surface area contributed by atoms with Gasteiger partial charge in [-0.1, -0.05) is 82.3 Å². The van der Waals surface area contributed by atoms with Crippen molar-refractivity contribution in [2.75, 3.05) is 6.61 Å². The quantitative estimate of drug-likeness (QED) is 0.257. The average molecular weight is 495 g/mol. The Balaban J connectivity index is 1.26. The highest BCUT2D eigenvalue weighted by molar-refractivity contribution is 5.46. The summed E-state index contributed by atoms with van der Waals surface area (Å²) in [6.45, 7) is 2.86. The third kappa shape index (κ3) is 7.81. The number of benzene rings is 2. The highest BCUT2D eigenvalue weighted by atomic mass is 19.2. The summed E-state index contributed by atoms with van der Waals surface area (Å²) >= 11 is 0. The van der Waals surface area contributed by atoms with Crippen molar-refractivity contribution in [3.8, 4) is 17.6 Å². The fraction of sp³-hybridized carbons (Fsp3) is 0.562. The van der Waals surface area contributed by atoms with Crippen LogP contribution in [0.3, 0.4) is 0 Å². The van der Waals surface area contributed by atoms with Crippen LogP contribution in [0.1, 0.15) is 101 Å². The van der Waals surface area contributed by atoms with Crippen molar-refractivity contribution in [2.24, 2.45) is 11.8 Å². The maximum absolute atomic E-state index is 14.6. The van der Waals surface area contributed by atoms with Gasteiger partial charge in [0.2, 0.25) is 5.82 Å². The molecule has 1 unspecified atom stereocenters. The van der Waals surface area contributed by atoms with Crippen molar-refractivity contribution in [1.29, 1.82) is 0 Å². The van der Waals surface area contributed by atoms with Crippen LogP contribution in [0.4, 0.5) is 8.78 Å². The fourth-order valence-corrected chi connectivity index (χ4v) is 5.42. The van der Waals surface area contributed by atoms with Gasteiger partial charge in [-0.3, -0.25) is 0 Å². The molecular formula is C32H40F2O2. The second-order valence-electron chi connectivity index (χ2n) is 10.5. The Morgan fingerprint density at radius 2 is 1.58 bits per heavy atom. The summed E-state index contributed by atoms with van der Waals surface area (Å²) < 4.78 is 40.0. The first-order chi connectivity index (χ1) is 17.6. The number of unbranched alkanes of at least 4 members (excludes halogenated alkanes) is 2. The lowest BCUT2D eigenvalue weighted by molar-refractivity contribution is -0.107. The van der Waals surface area contributed by atoms with Crippen molar-refractivity contribution in [3.05, 3.63) is 64.7 Å². The van der Waals surface area contributed by atoms with Crippen LogP contribution in [0.15, 0.2) is 36.4 Å². The standard InChI is InChI=1S/C32H40F2O2/c1-2-3-4-7-24-9-11-25(12-10-24)13-14-26-15-17-27(18-16-26)19-20-28-21-22-29(32(34)31(28)33)36-30-8-5-6-23-35-30/h15-18,21-22,24-25,30H,2-14,23H2,1H3. The number of ether oxygens (including phenoxy) is 2. The molecule has 1 saturated heterocycles. The van der Waals surface area contributed by atoms with E-state index in [9.17, 15) is 8.78 Å². The second-order valence-corrected chi connectivity index (χ2v) is 10.5. The van der Waals surface area contributed by atoms with Crippen molar-refractivity contribution in [2.45, 2.75) is 96.7 Å². The lowest BCUT2D eigenvalue weighted by Crippen LogP contribution is -2.25. The summed E-state index contributed by atoms with van der Waals surface area (Å²) in [5, 5.41) is 0. The van der Waals surface area contributed by atoms with Gasteiger partial charge >= 0.3 is 0 Å². The molecule has 2 nitrogen and oxygen atoms in total. The fourth-order valence-electron chi connectivity index (χ4n) is 5.42. The Labute approximate surface area is 215 Å². The molecule has 36 heavy (non-hydrogen) atoms. The minimum atomic E-state index is -1.01. The highest BCUT2D eigenvalue weighted by Gasteiger charge is 2.21. The van der Waals surface area contributed by atoms with Crippen molar-refractivity contribution < 1.29 is 18.3 Å². The van der Waals surface area contributed by atoms with Gasteiger partial charge in [-0.15, -0.1) is 0 Å². The summed E-state index contributed by atoms with van der Waals surface area (Å²) in [6.07, 6.45) is 15.5. The number of hydrogen-bond acceptors (Lipinski definition) is 2. The van der Waals surface area contributed by atoms with Crippen LogP contribution in [0, 0.1) is 35.3 Å². The van der Waals surface area contributed by atoms with E-state index in [0.717, 1.165) is 36.7 Å².